The second-order valence-corrected chi connectivity index (χ2v) is 7.23. The first kappa shape index (κ1) is 15.4. The largest absolute Gasteiger partial charge is 0.314 e. The first-order chi connectivity index (χ1) is 9.58. The van der Waals surface area contributed by atoms with E-state index < -0.39 is 10.0 Å². The molecule has 0 atom stereocenters. The fourth-order valence-corrected chi connectivity index (χ4v) is 3.45. The molecule has 1 heterocycles. The van der Waals surface area contributed by atoms with Crippen LogP contribution in [0.3, 0.4) is 0 Å². The summed E-state index contributed by atoms with van der Waals surface area (Å²) >= 11 is 0. The lowest BCUT2D eigenvalue weighted by Crippen LogP contribution is -2.46. The Hall–Kier alpha value is -0.950. The normalized spacial score (nSPS) is 17.5. The molecule has 0 unspecified atom stereocenters. The summed E-state index contributed by atoms with van der Waals surface area (Å²) in [4.78, 5) is 2.30. The molecule has 20 heavy (non-hydrogen) atoms. The van der Waals surface area contributed by atoms with Crippen LogP contribution >= 0.6 is 0 Å². The molecule has 112 valence electrons. The van der Waals surface area contributed by atoms with Gasteiger partial charge in [0.05, 0.1) is 5.75 Å². The number of likely N-dealkylation sites (N-methyl/N-ethyl adjacent to an activating group) is 1. The molecule has 0 radical (unpaired) electrons. The molecule has 0 bridgehead atoms. The maximum absolute atomic E-state index is 12.3. The Morgan fingerprint density at radius 2 is 1.85 bits per heavy atom. The zero-order chi connectivity index (χ0) is 14.4. The average molecular weight is 297 g/mol. The van der Waals surface area contributed by atoms with Crippen LogP contribution in [0, 0.1) is 0 Å². The van der Waals surface area contributed by atoms with Crippen molar-refractivity contribution in [3.05, 3.63) is 35.9 Å². The number of hydrogen-bond donors (Lipinski definition) is 1. The van der Waals surface area contributed by atoms with Crippen molar-refractivity contribution < 1.29 is 8.42 Å². The molecule has 0 aliphatic carbocycles. The van der Waals surface area contributed by atoms with E-state index >= 15 is 0 Å². The van der Waals surface area contributed by atoms with Crippen molar-refractivity contribution in [2.45, 2.75) is 5.75 Å². The van der Waals surface area contributed by atoms with Gasteiger partial charge in [-0.1, -0.05) is 30.3 Å². The summed E-state index contributed by atoms with van der Waals surface area (Å²) in [6.07, 6.45) is 0. The highest BCUT2D eigenvalue weighted by Gasteiger charge is 2.19. The predicted octanol–water partition coefficient (Wildman–Crippen LogP) is 0.353. The van der Waals surface area contributed by atoms with Crippen molar-refractivity contribution in [2.75, 3.05) is 46.3 Å². The van der Waals surface area contributed by atoms with Gasteiger partial charge in [-0.15, -0.1) is 0 Å². The van der Waals surface area contributed by atoms with Crippen LogP contribution < -0.4 is 5.32 Å². The zero-order valence-electron chi connectivity index (χ0n) is 12.0. The molecule has 1 saturated heterocycles. The van der Waals surface area contributed by atoms with E-state index in [1.807, 2.05) is 30.3 Å². The third-order valence-corrected chi connectivity index (χ3v) is 5.44. The van der Waals surface area contributed by atoms with Crippen LogP contribution in [0.4, 0.5) is 0 Å². The van der Waals surface area contributed by atoms with Gasteiger partial charge in [0.15, 0.2) is 0 Å². The number of nitrogens with zero attached hydrogens (tertiary/aromatic N) is 2. The third-order valence-electron chi connectivity index (χ3n) is 3.61. The Balaban J connectivity index is 1.85. The number of nitrogens with one attached hydrogen (secondary N) is 1. The van der Waals surface area contributed by atoms with Gasteiger partial charge in [-0.2, -0.15) is 0 Å². The molecular weight excluding hydrogens is 274 g/mol. The van der Waals surface area contributed by atoms with Crippen molar-refractivity contribution in [3.8, 4) is 0 Å². The highest BCUT2D eigenvalue weighted by atomic mass is 32.2. The minimum Gasteiger partial charge on any atom is -0.314 e. The molecule has 0 spiro atoms. The molecule has 1 fully saturated rings. The smallest absolute Gasteiger partial charge is 0.218 e. The average Bonchev–Trinajstić information content (AvgIpc) is 2.46. The van der Waals surface area contributed by atoms with Gasteiger partial charge >= 0.3 is 0 Å². The molecule has 0 amide bonds. The van der Waals surface area contributed by atoms with Crippen LogP contribution in [0.1, 0.15) is 5.56 Å². The highest BCUT2D eigenvalue weighted by Crippen LogP contribution is 2.09. The van der Waals surface area contributed by atoms with Gasteiger partial charge in [-0.05, 0) is 5.56 Å². The zero-order valence-corrected chi connectivity index (χ0v) is 12.8. The highest BCUT2D eigenvalue weighted by molar-refractivity contribution is 7.88. The van der Waals surface area contributed by atoms with E-state index in [4.69, 9.17) is 0 Å². The topological polar surface area (TPSA) is 52.6 Å². The van der Waals surface area contributed by atoms with E-state index in [1.54, 1.807) is 7.05 Å². The van der Waals surface area contributed by atoms with Gasteiger partial charge in [0, 0.05) is 46.3 Å². The molecule has 1 N–H and O–H groups in total. The molecule has 6 heteroatoms. The van der Waals surface area contributed by atoms with Gasteiger partial charge < -0.3 is 5.32 Å². The second kappa shape index (κ2) is 7.17. The summed E-state index contributed by atoms with van der Waals surface area (Å²) in [5, 5.41) is 3.29. The molecule has 0 saturated carbocycles. The van der Waals surface area contributed by atoms with Crippen LogP contribution in [0.15, 0.2) is 30.3 Å². The summed E-state index contributed by atoms with van der Waals surface area (Å²) in [6, 6.07) is 9.32. The summed E-state index contributed by atoms with van der Waals surface area (Å²) in [7, 11) is -1.56. The number of sulfonamides is 1. The first-order valence-electron chi connectivity index (χ1n) is 6.99. The molecule has 1 aliphatic rings. The Morgan fingerprint density at radius 1 is 1.20 bits per heavy atom. The van der Waals surface area contributed by atoms with Crippen LogP contribution in [0.5, 0.6) is 0 Å². The minimum absolute atomic E-state index is 0.0753. The van der Waals surface area contributed by atoms with Gasteiger partial charge in [0.25, 0.3) is 0 Å². The van der Waals surface area contributed by atoms with Crippen molar-refractivity contribution in [1.82, 2.24) is 14.5 Å². The lowest BCUT2D eigenvalue weighted by molar-refractivity contribution is 0.229. The summed E-state index contributed by atoms with van der Waals surface area (Å²) in [5.74, 6) is 0.0753. The fraction of sp³-hybridized carbons (Fsp3) is 0.571. The van der Waals surface area contributed by atoms with Crippen molar-refractivity contribution in [3.63, 3.8) is 0 Å². The first-order valence-corrected chi connectivity index (χ1v) is 8.60. The lowest BCUT2D eigenvalue weighted by atomic mass is 10.2. The predicted molar refractivity (Wildman–Crippen MR) is 81.0 cm³/mol. The van der Waals surface area contributed by atoms with E-state index in [1.165, 1.54) is 4.31 Å². The Bertz CT molecular complexity index is 498. The standard InChI is InChI=1S/C14H23N3O2S/c1-16(11-12-17-9-7-15-8-10-17)20(18,19)13-14-5-3-2-4-6-14/h2-6,15H,7-13H2,1H3. The van der Waals surface area contributed by atoms with E-state index in [0.717, 1.165) is 38.3 Å². The van der Waals surface area contributed by atoms with Crippen molar-refractivity contribution in [1.29, 1.82) is 0 Å². The molecular formula is C14H23N3O2S. The van der Waals surface area contributed by atoms with Crippen LogP contribution in [0.2, 0.25) is 0 Å². The maximum atomic E-state index is 12.3. The Morgan fingerprint density at radius 3 is 2.50 bits per heavy atom. The van der Waals surface area contributed by atoms with E-state index in [0.29, 0.717) is 6.54 Å². The SMILES string of the molecule is CN(CCN1CCNCC1)S(=O)(=O)Cc1ccccc1. The van der Waals surface area contributed by atoms with Crippen molar-refractivity contribution in [2.24, 2.45) is 0 Å². The quantitative estimate of drug-likeness (QED) is 0.823. The second-order valence-electron chi connectivity index (χ2n) is 5.15. The molecule has 2 rings (SSSR count). The molecule has 1 aliphatic heterocycles. The third kappa shape index (κ3) is 4.56. The van der Waals surface area contributed by atoms with Gasteiger partial charge in [0.1, 0.15) is 0 Å². The van der Waals surface area contributed by atoms with Gasteiger partial charge in [0.2, 0.25) is 10.0 Å². The number of rotatable bonds is 6. The summed E-state index contributed by atoms with van der Waals surface area (Å²) in [6.45, 7) is 5.31. The summed E-state index contributed by atoms with van der Waals surface area (Å²) < 4.78 is 26.0. The molecule has 0 aromatic heterocycles. The summed E-state index contributed by atoms with van der Waals surface area (Å²) in [5.41, 5.74) is 0.835. The number of piperazine rings is 1. The van der Waals surface area contributed by atoms with E-state index in [9.17, 15) is 8.42 Å². The van der Waals surface area contributed by atoms with Gasteiger partial charge in [-0.3, -0.25) is 4.90 Å². The number of hydrogen-bond acceptors (Lipinski definition) is 4. The van der Waals surface area contributed by atoms with E-state index in [2.05, 4.69) is 10.2 Å². The monoisotopic (exact) mass is 297 g/mol. The fourth-order valence-electron chi connectivity index (χ4n) is 2.25. The van der Waals surface area contributed by atoms with Gasteiger partial charge in [-0.25, -0.2) is 12.7 Å². The Kier molecular flexibility index (Phi) is 5.54. The lowest BCUT2D eigenvalue weighted by Gasteiger charge is -2.28. The van der Waals surface area contributed by atoms with Crippen LogP contribution in [-0.4, -0.2) is 63.9 Å². The minimum atomic E-state index is -3.22. The molecule has 5 nitrogen and oxygen atoms in total. The van der Waals surface area contributed by atoms with Crippen molar-refractivity contribution >= 4 is 10.0 Å². The maximum Gasteiger partial charge on any atom is 0.218 e. The van der Waals surface area contributed by atoms with E-state index in [-0.39, 0.29) is 5.75 Å². The molecule has 1 aromatic carbocycles. The Labute approximate surface area is 121 Å². The van der Waals surface area contributed by atoms with Crippen LogP contribution in [-0.2, 0) is 15.8 Å². The molecule has 1 aromatic rings. The van der Waals surface area contributed by atoms with Crippen LogP contribution in [0.25, 0.3) is 0 Å². The number of benzene rings is 1.